The molecule has 1 aliphatic heterocycles. The van der Waals surface area contributed by atoms with Gasteiger partial charge in [-0.25, -0.2) is 0 Å². The summed E-state index contributed by atoms with van der Waals surface area (Å²) in [6.45, 7) is 6.29. The number of carbonyl (C=O) groups is 1. The summed E-state index contributed by atoms with van der Waals surface area (Å²) in [7, 11) is 0. The Morgan fingerprint density at radius 3 is 2.92 bits per heavy atom. The number of hydrogen-bond donors (Lipinski definition) is 1. The highest BCUT2D eigenvalue weighted by Gasteiger charge is 2.22. The number of nitrogens with one attached hydrogen (secondary N) is 1. The fraction of sp³-hybridized carbons (Fsp3) is 0.889. The molecule has 1 rings (SSSR count). The minimum atomic E-state index is 0.101. The van der Waals surface area contributed by atoms with Gasteiger partial charge in [-0.3, -0.25) is 4.79 Å². The Labute approximate surface area is 73.5 Å². The molecular weight excluding hydrogens is 154 g/mol. The molecule has 70 valence electrons. The van der Waals surface area contributed by atoms with Gasteiger partial charge < -0.3 is 10.1 Å². The minimum absolute atomic E-state index is 0.101. The van der Waals surface area contributed by atoms with Crippen LogP contribution in [0.3, 0.4) is 0 Å². The molecule has 12 heavy (non-hydrogen) atoms. The molecule has 1 atom stereocenters. The molecule has 0 aromatic heterocycles. The molecule has 1 N–H and O–H groups in total. The Bertz CT molecular complexity index is 151. The fourth-order valence-electron chi connectivity index (χ4n) is 1.19. The topological polar surface area (TPSA) is 38.3 Å². The predicted molar refractivity (Wildman–Crippen MR) is 46.8 cm³/mol. The van der Waals surface area contributed by atoms with Gasteiger partial charge in [0.25, 0.3) is 0 Å². The van der Waals surface area contributed by atoms with Crippen LogP contribution in [0.4, 0.5) is 0 Å². The van der Waals surface area contributed by atoms with Crippen LogP contribution in [0.1, 0.15) is 20.3 Å². The second-order valence-corrected chi connectivity index (χ2v) is 3.70. The number of hydrogen-bond acceptors (Lipinski definition) is 2. The SMILES string of the molecule is CC(C)CNC(=O)C1CCOC1. The van der Waals surface area contributed by atoms with E-state index in [9.17, 15) is 4.79 Å². The van der Waals surface area contributed by atoms with Crippen LogP contribution in [-0.4, -0.2) is 25.7 Å². The van der Waals surface area contributed by atoms with E-state index in [1.165, 1.54) is 0 Å². The van der Waals surface area contributed by atoms with Crippen LogP contribution in [0.5, 0.6) is 0 Å². The maximum absolute atomic E-state index is 11.4. The summed E-state index contributed by atoms with van der Waals surface area (Å²) in [6, 6.07) is 0. The zero-order chi connectivity index (χ0) is 8.97. The molecule has 3 nitrogen and oxygen atoms in total. The summed E-state index contributed by atoms with van der Waals surface area (Å²) in [6.07, 6.45) is 0.879. The maximum atomic E-state index is 11.4. The van der Waals surface area contributed by atoms with Crippen LogP contribution >= 0.6 is 0 Å². The van der Waals surface area contributed by atoms with Gasteiger partial charge in [-0.1, -0.05) is 13.8 Å². The lowest BCUT2D eigenvalue weighted by Crippen LogP contribution is -2.33. The van der Waals surface area contributed by atoms with Gasteiger partial charge in [0.05, 0.1) is 12.5 Å². The quantitative estimate of drug-likeness (QED) is 0.682. The van der Waals surface area contributed by atoms with E-state index >= 15 is 0 Å². The van der Waals surface area contributed by atoms with Crippen molar-refractivity contribution in [1.29, 1.82) is 0 Å². The third-order valence-corrected chi connectivity index (χ3v) is 1.99. The van der Waals surface area contributed by atoms with Crippen LogP contribution in [0.15, 0.2) is 0 Å². The average molecular weight is 171 g/mol. The van der Waals surface area contributed by atoms with E-state index in [2.05, 4.69) is 19.2 Å². The maximum Gasteiger partial charge on any atom is 0.225 e. The van der Waals surface area contributed by atoms with Crippen molar-refractivity contribution < 1.29 is 9.53 Å². The third kappa shape index (κ3) is 2.81. The molecule has 0 bridgehead atoms. The number of ether oxygens (including phenoxy) is 1. The lowest BCUT2D eigenvalue weighted by molar-refractivity contribution is -0.125. The monoisotopic (exact) mass is 171 g/mol. The molecule has 0 radical (unpaired) electrons. The van der Waals surface area contributed by atoms with Gasteiger partial charge in [-0.2, -0.15) is 0 Å². The molecule has 0 aromatic carbocycles. The van der Waals surface area contributed by atoms with Crippen molar-refractivity contribution in [1.82, 2.24) is 5.32 Å². The highest BCUT2D eigenvalue weighted by Crippen LogP contribution is 2.11. The zero-order valence-corrected chi connectivity index (χ0v) is 7.80. The fourth-order valence-corrected chi connectivity index (χ4v) is 1.19. The van der Waals surface area contributed by atoms with E-state index in [1.807, 2.05) is 0 Å². The first kappa shape index (κ1) is 9.52. The number of rotatable bonds is 3. The molecule has 1 fully saturated rings. The highest BCUT2D eigenvalue weighted by molar-refractivity contribution is 5.78. The van der Waals surface area contributed by atoms with Crippen molar-refractivity contribution in [3.8, 4) is 0 Å². The Morgan fingerprint density at radius 1 is 1.67 bits per heavy atom. The molecule has 1 saturated heterocycles. The smallest absolute Gasteiger partial charge is 0.225 e. The molecule has 1 aliphatic rings. The Balaban J connectivity index is 2.18. The average Bonchev–Trinajstić information content (AvgIpc) is 2.51. The van der Waals surface area contributed by atoms with Gasteiger partial charge in [0, 0.05) is 13.2 Å². The van der Waals surface area contributed by atoms with E-state index in [-0.39, 0.29) is 11.8 Å². The van der Waals surface area contributed by atoms with Gasteiger partial charge in [0.15, 0.2) is 0 Å². The van der Waals surface area contributed by atoms with E-state index in [4.69, 9.17) is 4.74 Å². The molecule has 0 spiro atoms. The van der Waals surface area contributed by atoms with Gasteiger partial charge in [0.1, 0.15) is 0 Å². The van der Waals surface area contributed by atoms with E-state index in [0.29, 0.717) is 12.5 Å². The first-order valence-electron chi connectivity index (χ1n) is 4.55. The third-order valence-electron chi connectivity index (χ3n) is 1.99. The van der Waals surface area contributed by atoms with Gasteiger partial charge in [-0.05, 0) is 12.3 Å². The molecule has 1 heterocycles. The van der Waals surface area contributed by atoms with Crippen LogP contribution in [0.2, 0.25) is 0 Å². The van der Waals surface area contributed by atoms with Crippen LogP contribution in [-0.2, 0) is 9.53 Å². The number of amides is 1. The molecule has 1 unspecified atom stereocenters. The second-order valence-electron chi connectivity index (χ2n) is 3.70. The van der Waals surface area contributed by atoms with Crippen molar-refractivity contribution in [3.63, 3.8) is 0 Å². The van der Waals surface area contributed by atoms with E-state index < -0.39 is 0 Å². The molecule has 3 heteroatoms. The Hall–Kier alpha value is -0.570. The number of carbonyl (C=O) groups excluding carboxylic acids is 1. The summed E-state index contributed by atoms with van der Waals surface area (Å²) in [4.78, 5) is 11.4. The molecule has 0 aliphatic carbocycles. The molecule has 0 aromatic rings. The van der Waals surface area contributed by atoms with Crippen molar-refractivity contribution in [2.45, 2.75) is 20.3 Å². The van der Waals surface area contributed by atoms with Gasteiger partial charge >= 0.3 is 0 Å². The lowest BCUT2D eigenvalue weighted by Gasteiger charge is -2.10. The van der Waals surface area contributed by atoms with Crippen molar-refractivity contribution in [2.24, 2.45) is 11.8 Å². The summed E-state index contributed by atoms with van der Waals surface area (Å²) in [5, 5.41) is 2.91. The molecular formula is C9H17NO2. The van der Waals surface area contributed by atoms with Crippen LogP contribution in [0, 0.1) is 11.8 Å². The van der Waals surface area contributed by atoms with Crippen LogP contribution < -0.4 is 5.32 Å². The zero-order valence-electron chi connectivity index (χ0n) is 7.80. The minimum Gasteiger partial charge on any atom is -0.381 e. The van der Waals surface area contributed by atoms with Gasteiger partial charge in [0.2, 0.25) is 5.91 Å². The van der Waals surface area contributed by atoms with Crippen LogP contribution in [0.25, 0.3) is 0 Å². The van der Waals surface area contributed by atoms with Crippen molar-refractivity contribution in [2.75, 3.05) is 19.8 Å². The Kier molecular flexibility index (Phi) is 3.53. The van der Waals surface area contributed by atoms with E-state index in [1.54, 1.807) is 0 Å². The summed E-state index contributed by atoms with van der Waals surface area (Å²) in [5.74, 6) is 0.779. The van der Waals surface area contributed by atoms with Crippen molar-refractivity contribution >= 4 is 5.91 Å². The second kappa shape index (κ2) is 4.45. The molecule has 0 saturated carbocycles. The van der Waals surface area contributed by atoms with Crippen molar-refractivity contribution in [3.05, 3.63) is 0 Å². The summed E-state index contributed by atoms with van der Waals surface area (Å²) >= 11 is 0. The summed E-state index contributed by atoms with van der Waals surface area (Å²) < 4.78 is 5.12. The standard InChI is InChI=1S/C9H17NO2/c1-7(2)5-10-9(11)8-3-4-12-6-8/h7-8H,3-6H2,1-2H3,(H,10,11). The van der Waals surface area contributed by atoms with E-state index in [0.717, 1.165) is 19.6 Å². The largest absolute Gasteiger partial charge is 0.381 e. The Morgan fingerprint density at radius 2 is 2.42 bits per heavy atom. The lowest BCUT2D eigenvalue weighted by atomic mass is 10.1. The normalized spacial score (nSPS) is 23.1. The first-order chi connectivity index (χ1) is 5.70. The highest BCUT2D eigenvalue weighted by atomic mass is 16.5. The molecule has 1 amide bonds. The first-order valence-corrected chi connectivity index (χ1v) is 4.55. The van der Waals surface area contributed by atoms with Gasteiger partial charge in [-0.15, -0.1) is 0 Å². The predicted octanol–water partition coefficient (Wildman–Crippen LogP) is 0.795. The summed E-state index contributed by atoms with van der Waals surface area (Å²) in [5.41, 5.74) is 0.